The van der Waals surface area contributed by atoms with Crippen molar-refractivity contribution in [1.82, 2.24) is 0 Å². The molecule has 0 bridgehead atoms. The van der Waals surface area contributed by atoms with Gasteiger partial charge in [-0.25, -0.2) is 17.2 Å². The van der Waals surface area contributed by atoms with Crippen LogP contribution in [0.5, 0.6) is 11.5 Å². The second-order valence-electron chi connectivity index (χ2n) is 6.04. The van der Waals surface area contributed by atoms with Crippen LogP contribution in [-0.4, -0.2) is 20.1 Å². The third-order valence-corrected chi connectivity index (χ3v) is 5.76. The lowest BCUT2D eigenvalue weighted by Gasteiger charge is -2.17. The molecule has 0 amide bonds. The Morgan fingerprint density at radius 1 is 1.21 bits per heavy atom. The maximum Gasteiger partial charge on any atom is 0.501 e. The molecule has 2 atom stereocenters. The summed E-state index contributed by atoms with van der Waals surface area (Å²) in [6.45, 7) is 0. The van der Waals surface area contributed by atoms with Crippen molar-refractivity contribution < 1.29 is 35.1 Å². The zero-order valence-electron chi connectivity index (χ0n) is 13.8. The molecular weight excluding hydrogens is 407 g/mol. The summed E-state index contributed by atoms with van der Waals surface area (Å²) in [7, 11) is -5.77. The van der Waals surface area contributed by atoms with Gasteiger partial charge in [-0.3, -0.25) is 0 Å². The second kappa shape index (κ2) is 6.72. The molecule has 28 heavy (non-hydrogen) atoms. The first-order chi connectivity index (χ1) is 13.0. The Morgan fingerprint density at radius 3 is 2.50 bits per heavy atom. The molecule has 2 unspecified atom stereocenters. The summed E-state index contributed by atoms with van der Waals surface area (Å²) in [6, 6.07) is 4.65. The average molecular weight is 418 g/mol. The number of nitrogens with zero attached hydrogens (tertiary/aromatic N) is 1. The lowest BCUT2D eigenvalue weighted by Crippen LogP contribution is -2.26. The van der Waals surface area contributed by atoms with Crippen LogP contribution >= 0.6 is 0 Å². The molecule has 1 aliphatic rings. The van der Waals surface area contributed by atoms with E-state index in [-0.39, 0.29) is 22.6 Å². The van der Waals surface area contributed by atoms with Crippen LogP contribution in [0.4, 0.5) is 22.0 Å². The van der Waals surface area contributed by atoms with E-state index < -0.39 is 50.3 Å². The van der Waals surface area contributed by atoms with Crippen LogP contribution in [0.2, 0.25) is 0 Å². The van der Waals surface area contributed by atoms with Crippen molar-refractivity contribution in [2.45, 2.75) is 29.0 Å². The Hall–Kier alpha value is -2.71. The fourth-order valence-corrected chi connectivity index (χ4v) is 4.02. The third-order valence-electron chi connectivity index (χ3n) is 4.22. The van der Waals surface area contributed by atoms with E-state index in [9.17, 15) is 30.4 Å². The minimum Gasteiger partial charge on any atom is -0.457 e. The molecule has 0 radical (unpaired) electrons. The molecule has 0 spiro atoms. The number of benzene rings is 2. The number of fused-ring (bicyclic) bond motifs is 1. The maximum absolute atomic E-state index is 14.1. The molecule has 148 valence electrons. The van der Waals surface area contributed by atoms with Crippen molar-refractivity contribution in [2.75, 3.05) is 0 Å². The first kappa shape index (κ1) is 20.0. The van der Waals surface area contributed by atoms with Crippen LogP contribution in [-0.2, 0) is 16.3 Å². The SMILES string of the molecule is N#Cc1cc(F)cc(Oc2ccc(S(=O)(=O)C(F)(F)F)c3c2CC(F)C3N)c1. The van der Waals surface area contributed by atoms with Crippen molar-refractivity contribution in [3.63, 3.8) is 0 Å². The van der Waals surface area contributed by atoms with Crippen molar-refractivity contribution >= 4 is 9.84 Å². The summed E-state index contributed by atoms with van der Waals surface area (Å²) in [5, 5.41) is 8.87. The molecule has 1 aliphatic carbocycles. The second-order valence-corrected chi connectivity index (χ2v) is 7.95. The van der Waals surface area contributed by atoms with Crippen LogP contribution in [0.15, 0.2) is 35.2 Å². The number of ether oxygens (including phenoxy) is 1. The van der Waals surface area contributed by atoms with Gasteiger partial charge in [-0.15, -0.1) is 0 Å². The molecule has 0 aliphatic heterocycles. The van der Waals surface area contributed by atoms with Gasteiger partial charge < -0.3 is 10.5 Å². The van der Waals surface area contributed by atoms with Crippen LogP contribution in [0.3, 0.4) is 0 Å². The van der Waals surface area contributed by atoms with Gasteiger partial charge in [-0.05, 0) is 29.8 Å². The number of alkyl halides is 4. The van der Waals surface area contributed by atoms with Gasteiger partial charge in [0.1, 0.15) is 23.5 Å². The first-order valence-electron chi connectivity index (χ1n) is 7.71. The number of hydrogen-bond acceptors (Lipinski definition) is 5. The van der Waals surface area contributed by atoms with Crippen molar-refractivity contribution in [1.29, 1.82) is 5.26 Å². The first-order valence-corrected chi connectivity index (χ1v) is 9.19. The molecule has 0 saturated heterocycles. The van der Waals surface area contributed by atoms with Crippen molar-refractivity contribution in [3.8, 4) is 17.6 Å². The quantitative estimate of drug-likeness (QED) is 0.768. The van der Waals surface area contributed by atoms with Gasteiger partial charge in [0.2, 0.25) is 0 Å². The van der Waals surface area contributed by atoms with E-state index in [1.54, 1.807) is 6.07 Å². The minimum atomic E-state index is -5.77. The predicted octanol–water partition coefficient (Wildman–Crippen LogP) is 3.68. The largest absolute Gasteiger partial charge is 0.501 e. The van der Waals surface area contributed by atoms with Gasteiger partial charge in [0.05, 0.1) is 22.6 Å². The normalized spacial score (nSPS) is 19.2. The van der Waals surface area contributed by atoms with E-state index in [0.717, 1.165) is 24.3 Å². The molecule has 0 fully saturated rings. The van der Waals surface area contributed by atoms with Gasteiger partial charge in [0.15, 0.2) is 0 Å². The van der Waals surface area contributed by atoms with Crippen LogP contribution < -0.4 is 10.5 Å². The third kappa shape index (κ3) is 3.29. The van der Waals surface area contributed by atoms with E-state index in [0.29, 0.717) is 6.07 Å². The highest BCUT2D eigenvalue weighted by molar-refractivity contribution is 7.92. The van der Waals surface area contributed by atoms with E-state index >= 15 is 0 Å². The van der Waals surface area contributed by atoms with E-state index in [2.05, 4.69) is 0 Å². The molecule has 2 aromatic carbocycles. The lowest BCUT2D eigenvalue weighted by molar-refractivity contribution is -0.0436. The lowest BCUT2D eigenvalue weighted by atomic mass is 10.1. The van der Waals surface area contributed by atoms with Gasteiger partial charge in [-0.1, -0.05) is 0 Å². The number of hydrogen-bond donors (Lipinski definition) is 1. The smallest absolute Gasteiger partial charge is 0.457 e. The molecular formula is C17H11F5N2O3S. The zero-order chi connectivity index (χ0) is 20.9. The topological polar surface area (TPSA) is 93.2 Å². The Balaban J connectivity index is 2.15. The van der Waals surface area contributed by atoms with Gasteiger partial charge in [-0.2, -0.15) is 18.4 Å². The fraction of sp³-hybridized carbons (Fsp3) is 0.235. The molecule has 2 N–H and O–H groups in total. The Bertz CT molecular complexity index is 1090. The Kier molecular flexibility index (Phi) is 4.81. The standard InChI is InChI=1S/C17H11F5N2O3S/c18-9-3-8(7-23)4-10(5-9)27-13-1-2-14(28(25,26)17(20,21)22)15-11(13)6-12(19)16(15)24/h1-5,12,16H,6,24H2. The van der Waals surface area contributed by atoms with Gasteiger partial charge in [0, 0.05) is 18.1 Å². The maximum atomic E-state index is 14.1. The molecule has 2 aromatic rings. The van der Waals surface area contributed by atoms with Crippen LogP contribution in [0, 0.1) is 17.1 Å². The molecule has 0 heterocycles. The fourth-order valence-electron chi connectivity index (χ4n) is 2.97. The molecule has 0 saturated carbocycles. The summed E-state index contributed by atoms with van der Waals surface area (Å²) >= 11 is 0. The number of rotatable bonds is 3. The molecule has 5 nitrogen and oxygen atoms in total. The molecule has 3 rings (SSSR count). The molecule has 11 heteroatoms. The summed E-state index contributed by atoms with van der Waals surface area (Å²) < 4.78 is 95.6. The van der Waals surface area contributed by atoms with Crippen molar-refractivity contribution in [2.24, 2.45) is 5.73 Å². The summed E-state index contributed by atoms with van der Waals surface area (Å²) in [6.07, 6.45) is -2.31. The number of nitrogens with two attached hydrogens (primary N) is 1. The van der Waals surface area contributed by atoms with Gasteiger partial charge in [0.25, 0.3) is 9.84 Å². The van der Waals surface area contributed by atoms with E-state index in [1.807, 2.05) is 0 Å². The molecule has 0 aromatic heterocycles. The summed E-state index contributed by atoms with van der Waals surface area (Å²) in [5.41, 5.74) is -0.767. The van der Waals surface area contributed by atoms with Crippen molar-refractivity contribution in [3.05, 3.63) is 52.8 Å². The summed E-state index contributed by atoms with van der Waals surface area (Å²) in [5.74, 6) is -1.15. The highest BCUT2D eigenvalue weighted by Crippen LogP contribution is 2.45. The number of sulfone groups is 1. The monoisotopic (exact) mass is 418 g/mol. The minimum absolute atomic E-state index is 0.0806. The van der Waals surface area contributed by atoms with Crippen LogP contribution in [0.25, 0.3) is 0 Å². The number of nitriles is 1. The number of halogens is 5. The van der Waals surface area contributed by atoms with Gasteiger partial charge >= 0.3 is 5.51 Å². The highest BCUT2D eigenvalue weighted by atomic mass is 32.2. The summed E-state index contributed by atoms with van der Waals surface area (Å²) in [4.78, 5) is -1.15. The highest BCUT2D eigenvalue weighted by Gasteiger charge is 2.50. The Morgan fingerprint density at radius 2 is 1.89 bits per heavy atom. The van der Waals surface area contributed by atoms with Crippen LogP contribution in [0.1, 0.15) is 22.7 Å². The van der Waals surface area contributed by atoms with E-state index in [1.165, 1.54) is 0 Å². The zero-order valence-corrected chi connectivity index (χ0v) is 14.6. The Labute approximate surface area is 156 Å². The predicted molar refractivity (Wildman–Crippen MR) is 86.4 cm³/mol. The van der Waals surface area contributed by atoms with E-state index in [4.69, 9.17) is 15.7 Å². The average Bonchev–Trinajstić information content (AvgIpc) is 2.89.